The molecule has 0 spiro atoms. The van der Waals surface area contributed by atoms with Crippen molar-refractivity contribution in [1.29, 1.82) is 0 Å². The van der Waals surface area contributed by atoms with Gasteiger partial charge in [0.15, 0.2) is 5.16 Å². The van der Waals surface area contributed by atoms with Gasteiger partial charge in [-0.3, -0.25) is 9.36 Å². The number of aryl methyl sites for hydroxylation is 2. The van der Waals surface area contributed by atoms with E-state index in [0.717, 1.165) is 5.69 Å². The monoisotopic (exact) mass is 339 g/mol. The molecule has 1 amide bonds. The van der Waals surface area contributed by atoms with Gasteiger partial charge in [0, 0.05) is 11.9 Å². The topological polar surface area (TPSA) is 72.7 Å². The van der Waals surface area contributed by atoms with Crippen LogP contribution in [0.1, 0.15) is 11.1 Å². The molecule has 0 radical (unpaired) electrons. The minimum absolute atomic E-state index is 0.131. The van der Waals surface area contributed by atoms with E-state index in [9.17, 15) is 4.79 Å². The molecule has 2 heterocycles. The van der Waals surface area contributed by atoms with Gasteiger partial charge in [-0.25, -0.2) is 4.98 Å². The van der Waals surface area contributed by atoms with Crippen LogP contribution in [0.2, 0.25) is 0 Å². The van der Waals surface area contributed by atoms with Crippen molar-refractivity contribution in [3.8, 4) is 5.69 Å². The number of hydrogen-bond donors (Lipinski definition) is 1. The minimum Gasteiger partial charge on any atom is -0.310 e. The van der Waals surface area contributed by atoms with Gasteiger partial charge in [-0.1, -0.05) is 23.9 Å². The lowest BCUT2D eigenvalue weighted by Crippen LogP contribution is -2.15. The first-order valence-electron chi connectivity index (χ1n) is 7.45. The Kier molecular flexibility index (Phi) is 4.90. The average molecular weight is 339 g/mol. The summed E-state index contributed by atoms with van der Waals surface area (Å²) in [7, 11) is 0. The molecule has 0 aliphatic carbocycles. The molecule has 2 aromatic heterocycles. The number of nitrogens with zero attached hydrogens (tertiary/aromatic N) is 4. The molecule has 24 heavy (non-hydrogen) atoms. The first kappa shape index (κ1) is 16.2. The summed E-state index contributed by atoms with van der Waals surface area (Å²) in [6.07, 6.45) is 3.29. The zero-order valence-corrected chi connectivity index (χ0v) is 14.2. The highest BCUT2D eigenvalue weighted by molar-refractivity contribution is 7.99. The van der Waals surface area contributed by atoms with E-state index in [1.165, 1.54) is 22.9 Å². The lowest BCUT2D eigenvalue weighted by molar-refractivity contribution is -0.113. The molecular formula is C17H17N5OS. The Bertz CT molecular complexity index is 847. The smallest absolute Gasteiger partial charge is 0.236 e. The van der Waals surface area contributed by atoms with Crippen molar-refractivity contribution in [3.63, 3.8) is 0 Å². The highest BCUT2D eigenvalue weighted by Crippen LogP contribution is 2.21. The molecule has 122 valence electrons. The molecule has 3 rings (SSSR count). The maximum absolute atomic E-state index is 12.0. The van der Waals surface area contributed by atoms with E-state index in [0.29, 0.717) is 11.0 Å². The third kappa shape index (κ3) is 3.80. The zero-order valence-electron chi connectivity index (χ0n) is 13.4. The first-order valence-corrected chi connectivity index (χ1v) is 8.43. The maximum Gasteiger partial charge on any atom is 0.236 e. The summed E-state index contributed by atoms with van der Waals surface area (Å²) in [6.45, 7) is 4.14. The predicted molar refractivity (Wildman–Crippen MR) is 94.4 cm³/mol. The summed E-state index contributed by atoms with van der Waals surface area (Å²) < 4.78 is 1.88. The van der Waals surface area contributed by atoms with Gasteiger partial charge < -0.3 is 5.32 Å². The maximum atomic E-state index is 12.0. The quantitative estimate of drug-likeness (QED) is 0.724. The van der Waals surface area contributed by atoms with Gasteiger partial charge >= 0.3 is 0 Å². The molecule has 0 atom stereocenters. The standard InChI is InChI=1S/C17H17N5OS/c1-12-6-7-14(9-13(12)2)22-11-19-21-17(22)24-10-16(23)20-15-5-3-4-8-18-15/h3-9,11H,10H2,1-2H3,(H,18,20,23). The van der Waals surface area contributed by atoms with Crippen LogP contribution < -0.4 is 5.32 Å². The number of carbonyl (C=O) groups excluding carboxylic acids is 1. The summed E-state index contributed by atoms with van der Waals surface area (Å²) in [6, 6.07) is 11.5. The number of benzene rings is 1. The highest BCUT2D eigenvalue weighted by atomic mass is 32.2. The van der Waals surface area contributed by atoms with Gasteiger partial charge in [-0.05, 0) is 49.2 Å². The summed E-state index contributed by atoms with van der Waals surface area (Å²) >= 11 is 1.34. The van der Waals surface area contributed by atoms with Crippen LogP contribution in [0.4, 0.5) is 5.82 Å². The number of rotatable bonds is 5. The number of aromatic nitrogens is 4. The van der Waals surface area contributed by atoms with E-state index in [1.54, 1.807) is 24.7 Å². The van der Waals surface area contributed by atoms with Crippen molar-refractivity contribution < 1.29 is 4.79 Å². The molecule has 1 aromatic carbocycles. The fraction of sp³-hybridized carbons (Fsp3) is 0.176. The Morgan fingerprint density at radius 1 is 1.21 bits per heavy atom. The molecule has 0 saturated heterocycles. The lowest BCUT2D eigenvalue weighted by atomic mass is 10.1. The largest absolute Gasteiger partial charge is 0.310 e. The molecule has 1 N–H and O–H groups in total. The number of pyridine rings is 1. The second kappa shape index (κ2) is 7.27. The van der Waals surface area contributed by atoms with Crippen LogP contribution in [0.25, 0.3) is 5.69 Å². The molecule has 0 unspecified atom stereocenters. The highest BCUT2D eigenvalue weighted by Gasteiger charge is 2.11. The van der Waals surface area contributed by atoms with Crippen LogP contribution in [0.3, 0.4) is 0 Å². The predicted octanol–water partition coefficient (Wildman–Crippen LogP) is 3.01. The van der Waals surface area contributed by atoms with E-state index in [1.807, 2.05) is 16.7 Å². The molecule has 0 fully saturated rings. The van der Waals surface area contributed by atoms with Gasteiger partial charge in [-0.15, -0.1) is 10.2 Å². The van der Waals surface area contributed by atoms with Gasteiger partial charge in [0.1, 0.15) is 12.1 Å². The van der Waals surface area contributed by atoms with Crippen LogP contribution in [-0.2, 0) is 4.79 Å². The molecular weight excluding hydrogens is 322 g/mol. The van der Waals surface area contributed by atoms with Crippen LogP contribution in [-0.4, -0.2) is 31.4 Å². The fourth-order valence-electron chi connectivity index (χ4n) is 2.12. The Labute approximate surface area is 144 Å². The van der Waals surface area contributed by atoms with Crippen LogP contribution in [0.15, 0.2) is 54.1 Å². The molecule has 0 aliphatic rings. The Hall–Kier alpha value is -2.67. The molecule has 0 saturated carbocycles. The number of thioether (sulfide) groups is 1. The Morgan fingerprint density at radius 3 is 2.83 bits per heavy atom. The number of hydrogen-bond acceptors (Lipinski definition) is 5. The normalized spacial score (nSPS) is 10.6. The van der Waals surface area contributed by atoms with Crippen molar-refractivity contribution in [2.45, 2.75) is 19.0 Å². The molecule has 3 aromatic rings. The first-order chi connectivity index (χ1) is 11.6. The fourth-order valence-corrected chi connectivity index (χ4v) is 2.85. The second-order valence-corrected chi connectivity index (χ2v) is 6.25. The van der Waals surface area contributed by atoms with Crippen molar-refractivity contribution in [2.75, 3.05) is 11.1 Å². The molecule has 0 bridgehead atoms. The van der Waals surface area contributed by atoms with E-state index in [4.69, 9.17) is 0 Å². The molecule has 0 aliphatic heterocycles. The van der Waals surface area contributed by atoms with E-state index in [2.05, 4.69) is 46.5 Å². The minimum atomic E-state index is -0.131. The zero-order chi connectivity index (χ0) is 16.9. The third-order valence-corrected chi connectivity index (χ3v) is 4.49. The van der Waals surface area contributed by atoms with Gasteiger partial charge in [-0.2, -0.15) is 0 Å². The Balaban J connectivity index is 1.67. The van der Waals surface area contributed by atoms with Crippen molar-refractivity contribution >= 4 is 23.5 Å². The number of carbonyl (C=O) groups is 1. The van der Waals surface area contributed by atoms with Gasteiger partial charge in [0.25, 0.3) is 0 Å². The van der Waals surface area contributed by atoms with Crippen molar-refractivity contribution in [2.24, 2.45) is 0 Å². The van der Waals surface area contributed by atoms with Crippen LogP contribution >= 0.6 is 11.8 Å². The van der Waals surface area contributed by atoms with E-state index < -0.39 is 0 Å². The summed E-state index contributed by atoms with van der Waals surface area (Å²) in [5.74, 6) is 0.646. The van der Waals surface area contributed by atoms with E-state index >= 15 is 0 Å². The number of anilines is 1. The van der Waals surface area contributed by atoms with Crippen LogP contribution in [0, 0.1) is 13.8 Å². The summed E-state index contributed by atoms with van der Waals surface area (Å²) in [5, 5.41) is 11.5. The van der Waals surface area contributed by atoms with Crippen LogP contribution in [0.5, 0.6) is 0 Å². The van der Waals surface area contributed by atoms with Gasteiger partial charge in [0.2, 0.25) is 5.91 Å². The SMILES string of the molecule is Cc1ccc(-n2cnnc2SCC(=O)Nc2ccccn2)cc1C. The second-order valence-electron chi connectivity index (χ2n) is 5.30. The third-order valence-electron chi connectivity index (χ3n) is 3.55. The molecule has 6 nitrogen and oxygen atoms in total. The number of nitrogens with one attached hydrogen (secondary N) is 1. The summed E-state index contributed by atoms with van der Waals surface area (Å²) in [4.78, 5) is 16.1. The summed E-state index contributed by atoms with van der Waals surface area (Å²) in [5.41, 5.74) is 3.41. The van der Waals surface area contributed by atoms with Gasteiger partial charge in [0.05, 0.1) is 5.75 Å². The van der Waals surface area contributed by atoms with Crippen molar-refractivity contribution in [1.82, 2.24) is 19.7 Å². The lowest BCUT2D eigenvalue weighted by Gasteiger charge is -2.08. The average Bonchev–Trinajstić information content (AvgIpc) is 3.05. The Morgan fingerprint density at radius 2 is 2.08 bits per heavy atom. The number of amides is 1. The van der Waals surface area contributed by atoms with Crippen molar-refractivity contribution in [3.05, 3.63) is 60.0 Å². The molecule has 7 heteroatoms. The van der Waals surface area contributed by atoms with E-state index in [-0.39, 0.29) is 11.7 Å².